The molecule has 0 aliphatic carbocycles. The number of para-hydroxylation sites is 1. The van der Waals surface area contributed by atoms with E-state index in [2.05, 4.69) is 39.4 Å². The van der Waals surface area contributed by atoms with E-state index in [-0.39, 0.29) is 24.6 Å². The lowest BCUT2D eigenvalue weighted by Gasteiger charge is -2.36. The van der Waals surface area contributed by atoms with Gasteiger partial charge in [0.05, 0.1) is 10.9 Å². The minimum absolute atomic E-state index is 0.176. The fourth-order valence-electron chi connectivity index (χ4n) is 4.91. The van der Waals surface area contributed by atoms with Crippen LogP contribution in [0.1, 0.15) is 12.5 Å². The molecule has 37 heavy (non-hydrogen) atoms. The molecule has 2 heterocycles. The van der Waals surface area contributed by atoms with Crippen LogP contribution in [0.25, 0.3) is 10.9 Å². The van der Waals surface area contributed by atoms with Crippen molar-refractivity contribution in [3.8, 4) is 0 Å². The van der Waals surface area contributed by atoms with Crippen LogP contribution in [0.15, 0.2) is 88.5 Å². The Morgan fingerprint density at radius 2 is 1.49 bits per heavy atom. The van der Waals surface area contributed by atoms with Crippen LogP contribution in [0.2, 0.25) is 0 Å². The van der Waals surface area contributed by atoms with Crippen LogP contribution in [0.4, 0.5) is 11.4 Å². The zero-order chi connectivity index (χ0) is 25.8. The molecule has 1 aromatic heterocycles. The molecule has 1 amide bonds. The molecule has 1 aliphatic rings. The topological polar surface area (TPSA) is 79.6 Å². The molecule has 1 saturated heterocycles. The Hall–Kier alpha value is -4.17. The molecule has 8 nitrogen and oxygen atoms in total. The van der Waals surface area contributed by atoms with E-state index in [4.69, 9.17) is 0 Å². The van der Waals surface area contributed by atoms with Crippen LogP contribution in [-0.2, 0) is 24.4 Å². The maximum atomic E-state index is 12.9. The number of fused-ring (bicyclic) bond motifs is 1. The van der Waals surface area contributed by atoms with Crippen LogP contribution in [0.3, 0.4) is 0 Å². The van der Waals surface area contributed by atoms with E-state index in [1.165, 1.54) is 10.1 Å². The molecule has 0 saturated carbocycles. The van der Waals surface area contributed by atoms with Crippen molar-refractivity contribution in [1.82, 2.24) is 14.0 Å². The molecule has 190 valence electrons. The third-order valence-electron chi connectivity index (χ3n) is 6.89. The lowest BCUT2D eigenvalue weighted by Crippen LogP contribution is -2.45. The molecule has 1 N–H and O–H groups in total. The van der Waals surface area contributed by atoms with E-state index >= 15 is 0 Å². The van der Waals surface area contributed by atoms with Crippen LogP contribution in [0.5, 0.6) is 0 Å². The first-order valence-electron chi connectivity index (χ1n) is 12.7. The van der Waals surface area contributed by atoms with Crippen molar-refractivity contribution >= 4 is 28.2 Å². The zero-order valence-electron chi connectivity index (χ0n) is 21.0. The molecule has 0 bridgehead atoms. The van der Waals surface area contributed by atoms with Gasteiger partial charge in [-0.2, -0.15) is 0 Å². The zero-order valence-corrected chi connectivity index (χ0v) is 21.0. The van der Waals surface area contributed by atoms with Crippen LogP contribution < -0.4 is 21.5 Å². The molecule has 1 aliphatic heterocycles. The minimum atomic E-state index is -0.483. The minimum Gasteiger partial charge on any atom is -0.369 e. The first kappa shape index (κ1) is 24.5. The fourth-order valence-corrected chi connectivity index (χ4v) is 4.91. The molecule has 0 atom stereocenters. The molecular weight excluding hydrogens is 466 g/mol. The monoisotopic (exact) mass is 497 g/mol. The van der Waals surface area contributed by atoms with E-state index in [9.17, 15) is 14.4 Å². The highest BCUT2D eigenvalue weighted by Gasteiger charge is 2.18. The summed E-state index contributed by atoms with van der Waals surface area (Å²) in [6, 6.07) is 25.2. The molecule has 0 unspecified atom stereocenters. The van der Waals surface area contributed by atoms with Crippen molar-refractivity contribution in [3.05, 3.63) is 105 Å². The third kappa shape index (κ3) is 5.34. The summed E-state index contributed by atoms with van der Waals surface area (Å²) in [6.45, 7) is 6.66. The number of piperazine rings is 1. The van der Waals surface area contributed by atoms with Crippen molar-refractivity contribution in [2.45, 2.75) is 26.6 Å². The van der Waals surface area contributed by atoms with Gasteiger partial charge in [-0.25, -0.2) is 4.79 Å². The van der Waals surface area contributed by atoms with E-state index in [1.54, 1.807) is 31.2 Å². The highest BCUT2D eigenvalue weighted by atomic mass is 16.2. The normalized spacial score (nSPS) is 14.1. The number of amides is 1. The van der Waals surface area contributed by atoms with Gasteiger partial charge >= 0.3 is 5.69 Å². The van der Waals surface area contributed by atoms with E-state index in [0.717, 1.165) is 43.0 Å². The number of benzene rings is 3. The Balaban J connectivity index is 1.22. The second-order valence-electron chi connectivity index (χ2n) is 9.28. The predicted molar refractivity (Wildman–Crippen MR) is 147 cm³/mol. The van der Waals surface area contributed by atoms with Crippen molar-refractivity contribution in [2.75, 3.05) is 36.4 Å². The summed E-state index contributed by atoms with van der Waals surface area (Å²) >= 11 is 0. The standard InChI is InChI=1S/C29H31N5O3/c1-2-33-28(36)25-10-6-7-11-26(25)34(29(33)37)21-27(35)30-23-12-14-24(15-13-23)32-18-16-31(17-19-32)20-22-8-4-3-5-9-22/h3-15H,2,16-21H2,1H3,(H,30,35). The number of rotatable bonds is 7. The number of hydrogen-bond acceptors (Lipinski definition) is 5. The van der Waals surface area contributed by atoms with Gasteiger partial charge in [-0.3, -0.25) is 23.6 Å². The van der Waals surface area contributed by atoms with Crippen molar-refractivity contribution < 1.29 is 4.79 Å². The number of carbonyl (C=O) groups is 1. The molecular formula is C29H31N5O3. The van der Waals surface area contributed by atoms with Crippen LogP contribution in [-0.4, -0.2) is 46.1 Å². The average molecular weight is 498 g/mol. The maximum absolute atomic E-state index is 12.9. The summed E-state index contributed by atoms with van der Waals surface area (Å²) in [5.41, 5.74) is 2.76. The Bertz CT molecular complexity index is 1500. The Labute approximate surface area is 215 Å². The Kier molecular flexibility index (Phi) is 7.18. The molecule has 1 fully saturated rings. The maximum Gasteiger partial charge on any atom is 0.331 e. The smallest absolute Gasteiger partial charge is 0.331 e. The fraction of sp³-hybridized carbons (Fsp3) is 0.276. The van der Waals surface area contributed by atoms with Crippen molar-refractivity contribution in [1.29, 1.82) is 0 Å². The molecule has 8 heteroatoms. The highest BCUT2D eigenvalue weighted by Crippen LogP contribution is 2.20. The number of nitrogens with zero attached hydrogens (tertiary/aromatic N) is 4. The Morgan fingerprint density at radius 3 is 2.19 bits per heavy atom. The SMILES string of the molecule is CCn1c(=O)c2ccccc2n(CC(=O)Nc2ccc(N3CCN(Cc4ccccc4)CC3)cc2)c1=O. The summed E-state index contributed by atoms with van der Waals surface area (Å²) in [5.74, 6) is -0.323. The van der Waals surface area contributed by atoms with Crippen molar-refractivity contribution in [3.63, 3.8) is 0 Å². The highest BCUT2D eigenvalue weighted by molar-refractivity contribution is 5.91. The molecule has 5 rings (SSSR count). The van der Waals surface area contributed by atoms with Gasteiger partial charge in [0.1, 0.15) is 6.54 Å². The molecule has 0 spiro atoms. The predicted octanol–water partition coefficient (Wildman–Crippen LogP) is 3.14. The molecule has 3 aromatic carbocycles. The lowest BCUT2D eigenvalue weighted by molar-refractivity contribution is -0.116. The van der Waals surface area contributed by atoms with Gasteiger partial charge in [-0.1, -0.05) is 42.5 Å². The van der Waals surface area contributed by atoms with Gasteiger partial charge < -0.3 is 10.2 Å². The number of nitrogens with one attached hydrogen (secondary N) is 1. The molecule has 0 radical (unpaired) electrons. The summed E-state index contributed by atoms with van der Waals surface area (Å²) < 4.78 is 2.52. The average Bonchev–Trinajstić information content (AvgIpc) is 2.93. The van der Waals surface area contributed by atoms with Crippen LogP contribution >= 0.6 is 0 Å². The number of anilines is 2. The van der Waals surface area contributed by atoms with E-state index < -0.39 is 5.69 Å². The second kappa shape index (κ2) is 10.8. The Morgan fingerprint density at radius 1 is 0.811 bits per heavy atom. The summed E-state index contributed by atoms with van der Waals surface area (Å²) in [6.07, 6.45) is 0. The number of carbonyl (C=O) groups excluding carboxylic acids is 1. The van der Waals surface area contributed by atoms with E-state index in [1.807, 2.05) is 30.3 Å². The van der Waals surface area contributed by atoms with Gasteiger partial charge in [0.15, 0.2) is 0 Å². The summed E-state index contributed by atoms with van der Waals surface area (Å²) in [4.78, 5) is 43.2. The first-order valence-corrected chi connectivity index (χ1v) is 12.7. The third-order valence-corrected chi connectivity index (χ3v) is 6.89. The van der Waals surface area contributed by atoms with Gasteiger partial charge in [-0.05, 0) is 48.9 Å². The van der Waals surface area contributed by atoms with Gasteiger partial charge in [0, 0.05) is 50.6 Å². The lowest BCUT2D eigenvalue weighted by atomic mass is 10.2. The number of hydrogen-bond donors (Lipinski definition) is 1. The largest absolute Gasteiger partial charge is 0.369 e. The van der Waals surface area contributed by atoms with Crippen LogP contribution in [0, 0.1) is 0 Å². The van der Waals surface area contributed by atoms with Crippen molar-refractivity contribution in [2.24, 2.45) is 0 Å². The van der Waals surface area contributed by atoms with Gasteiger partial charge in [-0.15, -0.1) is 0 Å². The quantitative estimate of drug-likeness (QED) is 0.424. The second-order valence-corrected chi connectivity index (χ2v) is 9.28. The summed E-state index contributed by atoms with van der Waals surface area (Å²) in [7, 11) is 0. The first-order chi connectivity index (χ1) is 18.0. The van der Waals surface area contributed by atoms with Gasteiger partial charge in [0.25, 0.3) is 5.56 Å². The van der Waals surface area contributed by atoms with E-state index in [0.29, 0.717) is 16.6 Å². The number of aromatic nitrogens is 2. The summed E-state index contributed by atoms with van der Waals surface area (Å²) in [5, 5.41) is 3.31. The van der Waals surface area contributed by atoms with Gasteiger partial charge in [0.2, 0.25) is 5.91 Å². The molecule has 4 aromatic rings.